The normalized spacial score (nSPS) is 12.5. The summed E-state index contributed by atoms with van der Waals surface area (Å²) in [5.74, 6) is -0.103. The second-order valence-electron chi connectivity index (χ2n) is 6.20. The zero-order valence-corrected chi connectivity index (χ0v) is 16.1. The number of alkyl halides is 3. The topological polar surface area (TPSA) is 73.1 Å². The average molecular weight is 434 g/mol. The smallest absolute Gasteiger partial charge is 0.504 e. The van der Waals surface area contributed by atoms with Crippen LogP contribution in [0.25, 0.3) is 22.3 Å². The van der Waals surface area contributed by atoms with E-state index in [9.17, 15) is 23.1 Å². The lowest BCUT2D eigenvalue weighted by molar-refractivity contribution is -0.274. The summed E-state index contributed by atoms with van der Waals surface area (Å²) in [5, 5.41) is 9.67. The fourth-order valence-corrected chi connectivity index (χ4v) is 3.82. The van der Waals surface area contributed by atoms with Gasteiger partial charge >= 0.3 is 6.36 Å². The molecule has 0 fully saturated rings. The number of benzene rings is 2. The molecule has 0 bridgehead atoms. The molecule has 0 spiro atoms. The van der Waals surface area contributed by atoms with Gasteiger partial charge in [-0.3, -0.25) is 9.20 Å². The molecule has 6 nitrogen and oxygen atoms in total. The van der Waals surface area contributed by atoms with E-state index in [2.05, 4.69) is 9.72 Å². The number of hydrogen-bond donors (Lipinski definition) is 1. The Morgan fingerprint density at radius 3 is 2.70 bits per heavy atom. The van der Waals surface area contributed by atoms with E-state index in [0.717, 1.165) is 11.3 Å². The standard InChI is InChI=1S/C20H13F3N2O4S/c1-28-16-7-11(5-6-15(16)26)8-17-18(27)25-10-14(24-19(25)30-17)12-3-2-4-13(9-12)29-20(21,22)23/h2-10,26H,1H3. The van der Waals surface area contributed by atoms with Gasteiger partial charge in [-0.15, -0.1) is 13.2 Å². The second-order valence-corrected chi connectivity index (χ2v) is 7.21. The predicted octanol–water partition coefficient (Wildman–Crippen LogP) is 3.58. The average Bonchev–Trinajstić information content (AvgIpc) is 3.22. The number of aromatic hydroxyl groups is 1. The highest BCUT2D eigenvalue weighted by atomic mass is 32.1. The predicted molar refractivity (Wildman–Crippen MR) is 105 cm³/mol. The molecule has 4 aromatic rings. The van der Waals surface area contributed by atoms with Crippen LogP contribution in [0, 0.1) is 0 Å². The summed E-state index contributed by atoms with van der Waals surface area (Å²) >= 11 is 1.14. The van der Waals surface area contributed by atoms with Crippen LogP contribution < -0.4 is 19.6 Å². The SMILES string of the molecule is COc1cc(C=c2sc3nc(-c4cccc(OC(F)(F)F)c4)cn3c2=O)ccc1O. The largest absolute Gasteiger partial charge is 0.573 e. The highest BCUT2D eigenvalue weighted by molar-refractivity contribution is 7.15. The van der Waals surface area contributed by atoms with Crippen molar-refractivity contribution in [1.82, 2.24) is 9.38 Å². The van der Waals surface area contributed by atoms with Crippen LogP contribution in [-0.2, 0) is 0 Å². The molecular formula is C20H13F3N2O4S. The van der Waals surface area contributed by atoms with E-state index >= 15 is 0 Å². The van der Waals surface area contributed by atoms with Crippen LogP contribution in [0.2, 0.25) is 0 Å². The molecule has 0 amide bonds. The number of aromatic nitrogens is 2. The maximum Gasteiger partial charge on any atom is 0.573 e. The molecule has 154 valence electrons. The van der Waals surface area contributed by atoms with E-state index in [0.29, 0.717) is 26.3 Å². The van der Waals surface area contributed by atoms with Gasteiger partial charge in [0.15, 0.2) is 16.5 Å². The first kappa shape index (κ1) is 19.8. The van der Waals surface area contributed by atoms with E-state index in [1.807, 2.05) is 0 Å². The third-order valence-corrected chi connectivity index (χ3v) is 5.15. The Bertz CT molecular complexity index is 1340. The number of halogens is 3. The molecule has 0 saturated carbocycles. The first-order valence-electron chi connectivity index (χ1n) is 8.50. The third-order valence-electron chi connectivity index (χ3n) is 4.17. The Balaban J connectivity index is 1.71. The third kappa shape index (κ3) is 3.94. The number of imidazole rings is 1. The molecule has 10 heteroatoms. The lowest BCUT2D eigenvalue weighted by Gasteiger charge is -2.09. The Morgan fingerprint density at radius 1 is 1.20 bits per heavy atom. The quantitative estimate of drug-likeness (QED) is 0.532. The first-order valence-corrected chi connectivity index (χ1v) is 9.32. The van der Waals surface area contributed by atoms with Crippen molar-refractivity contribution in [2.75, 3.05) is 7.11 Å². The molecule has 0 aliphatic carbocycles. The molecule has 2 aromatic heterocycles. The van der Waals surface area contributed by atoms with Gasteiger partial charge in [0.2, 0.25) is 0 Å². The molecule has 0 atom stereocenters. The van der Waals surface area contributed by atoms with Gasteiger partial charge in [-0.25, -0.2) is 4.98 Å². The fourth-order valence-electron chi connectivity index (χ4n) is 2.86. The zero-order valence-electron chi connectivity index (χ0n) is 15.3. The van der Waals surface area contributed by atoms with E-state index in [1.54, 1.807) is 24.3 Å². The van der Waals surface area contributed by atoms with Crippen molar-refractivity contribution in [3.05, 3.63) is 69.1 Å². The maximum absolute atomic E-state index is 12.7. The van der Waals surface area contributed by atoms with E-state index in [1.165, 1.54) is 42.0 Å². The van der Waals surface area contributed by atoms with Crippen LogP contribution in [0.5, 0.6) is 17.2 Å². The summed E-state index contributed by atoms with van der Waals surface area (Å²) in [7, 11) is 1.42. The van der Waals surface area contributed by atoms with Crippen LogP contribution >= 0.6 is 11.3 Å². The summed E-state index contributed by atoms with van der Waals surface area (Å²) in [6, 6.07) is 10.1. The number of rotatable bonds is 4. The molecular weight excluding hydrogens is 421 g/mol. The second kappa shape index (κ2) is 7.38. The van der Waals surface area contributed by atoms with E-state index in [-0.39, 0.29) is 22.8 Å². The maximum atomic E-state index is 12.7. The van der Waals surface area contributed by atoms with Crippen molar-refractivity contribution in [2.45, 2.75) is 6.36 Å². The number of methoxy groups -OCH3 is 1. The number of hydrogen-bond acceptors (Lipinski definition) is 6. The summed E-state index contributed by atoms with van der Waals surface area (Å²) in [6.45, 7) is 0. The zero-order chi connectivity index (χ0) is 21.5. The minimum Gasteiger partial charge on any atom is -0.504 e. The van der Waals surface area contributed by atoms with Crippen molar-refractivity contribution in [1.29, 1.82) is 0 Å². The van der Waals surface area contributed by atoms with Crippen molar-refractivity contribution in [3.8, 4) is 28.5 Å². The Hall–Kier alpha value is -3.53. The molecule has 4 rings (SSSR count). The van der Waals surface area contributed by atoms with Gasteiger partial charge in [0.1, 0.15) is 5.75 Å². The van der Waals surface area contributed by atoms with Crippen molar-refractivity contribution in [3.63, 3.8) is 0 Å². The summed E-state index contributed by atoms with van der Waals surface area (Å²) in [6.07, 6.45) is -1.69. The van der Waals surface area contributed by atoms with Crippen LogP contribution in [-0.4, -0.2) is 28.0 Å². The Labute approximate surface area is 171 Å². The molecule has 0 aliphatic rings. The fraction of sp³-hybridized carbons (Fsp3) is 0.100. The van der Waals surface area contributed by atoms with Crippen LogP contribution in [0.1, 0.15) is 5.56 Å². The van der Waals surface area contributed by atoms with Gasteiger partial charge in [0.05, 0.1) is 17.3 Å². The van der Waals surface area contributed by atoms with Crippen LogP contribution in [0.3, 0.4) is 0 Å². The highest BCUT2D eigenvalue weighted by Crippen LogP contribution is 2.28. The summed E-state index contributed by atoms with van der Waals surface area (Å²) < 4.78 is 48.0. The summed E-state index contributed by atoms with van der Waals surface area (Å²) in [5.41, 5.74) is 1.08. The van der Waals surface area contributed by atoms with E-state index < -0.39 is 6.36 Å². The number of phenolic OH excluding ortho intramolecular Hbond substituents is 1. The number of thiazole rings is 1. The molecule has 0 unspecified atom stereocenters. The van der Waals surface area contributed by atoms with Crippen molar-refractivity contribution in [2.24, 2.45) is 0 Å². The van der Waals surface area contributed by atoms with Gasteiger partial charge in [-0.1, -0.05) is 29.5 Å². The monoisotopic (exact) mass is 434 g/mol. The number of fused-ring (bicyclic) bond motifs is 1. The van der Waals surface area contributed by atoms with Crippen molar-refractivity contribution < 1.29 is 27.8 Å². The molecule has 0 aliphatic heterocycles. The molecule has 2 aromatic carbocycles. The number of ether oxygens (including phenoxy) is 2. The van der Waals surface area contributed by atoms with Crippen molar-refractivity contribution >= 4 is 22.4 Å². The summed E-state index contributed by atoms with van der Waals surface area (Å²) in [4.78, 5) is 17.5. The number of nitrogens with zero attached hydrogens (tertiary/aromatic N) is 2. The molecule has 30 heavy (non-hydrogen) atoms. The lowest BCUT2D eigenvalue weighted by atomic mass is 10.1. The molecule has 1 N–H and O–H groups in total. The molecule has 0 saturated heterocycles. The van der Waals surface area contributed by atoms with Crippen LogP contribution in [0.15, 0.2) is 53.5 Å². The van der Waals surface area contributed by atoms with Gasteiger partial charge < -0.3 is 14.6 Å². The first-order chi connectivity index (χ1) is 14.2. The molecule has 0 radical (unpaired) electrons. The number of phenols is 1. The van der Waals surface area contributed by atoms with Crippen LogP contribution in [0.4, 0.5) is 13.2 Å². The van der Waals surface area contributed by atoms with Gasteiger partial charge in [-0.2, -0.15) is 0 Å². The Kier molecular flexibility index (Phi) is 4.86. The minimum atomic E-state index is -4.79. The highest BCUT2D eigenvalue weighted by Gasteiger charge is 2.31. The van der Waals surface area contributed by atoms with E-state index in [4.69, 9.17) is 4.74 Å². The van der Waals surface area contributed by atoms with Gasteiger partial charge in [0.25, 0.3) is 5.56 Å². The Morgan fingerprint density at radius 2 is 2.00 bits per heavy atom. The van der Waals surface area contributed by atoms with Gasteiger partial charge in [-0.05, 0) is 35.9 Å². The molecule has 2 heterocycles. The minimum absolute atomic E-state index is 0.0145. The lowest BCUT2D eigenvalue weighted by Crippen LogP contribution is -2.22. The van der Waals surface area contributed by atoms with Gasteiger partial charge in [0, 0.05) is 11.8 Å².